The Morgan fingerprint density at radius 1 is 1.05 bits per heavy atom. The second-order valence-electron chi connectivity index (χ2n) is 5.83. The van der Waals surface area contributed by atoms with Crippen molar-refractivity contribution >= 4 is 21.8 Å². The lowest BCUT2D eigenvalue weighted by atomic mass is 9.86. The fraction of sp³-hybridized carbons (Fsp3) is 0.471. The van der Waals surface area contributed by atoms with Gasteiger partial charge in [-0.3, -0.25) is 0 Å². The zero-order chi connectivity index (χ0) is 14.7. The minimum atomic E-state index is 0.430. The standard InChI is InChI=1S/C17H21BrN2O/c18-14-11-7-6-10-13(14)15-16(20-21-17(15)19)12-8-4-2-1-3-5-9-12/h6-7,10-12H,1-5,8-9,19H2. The Balaban J connectivity index is 1.98. The number of hydrogen-bond acceptors (Lipinski definition) is 3. The molecule has 0 unspecified atom stereocenters. The van der Waals surface area contributed by atoms with Crippen LogP contribution in [0.2, 0.25) is 0 Å². The Morgan fingerprint density at radius 3 is 2.43 bits per heavy atom. The molecule has 0 radical (unpaired) electrons. The summed E-state index contributed by atoms with van der Waals surface area (Å²) in [5.41, 5.74) is 9.17. The van der Waals surface area contributed by atoms with Crippen LogP contribution in [0.15, 0.2) is 33.3 Å². The monoisotopic (exact) mass is 348 g/mol. The van der Waals surface area contributed by atoms with Crippen molar-refractivity contribution in [3.8, 4) is 11.1 Å². The van der Waals surface area contributed by atoms with Crippen molar-refractivity contribution in [2.45, 2.75) is 50.9 Å². The van der Waals surface area contributed by atoms with Gasteiger partial charge in [0.1, 0.15) is 0 Å². The molecule has 4 heteroatoms. The lowest BCUT2D eigenvalue weighted by molar-refractivity contribution is 0.395. The molecule has 3 rings (SSSR count). The summed E-state index contributed by atoms with van der Waals surface area (Å²) in [6.45, 7) is 0. The number of rotatable bonds is 2. The molecular formula is C17H21BrN2O. The Kier molecular flexibility index (Phi) is 4.63. The van der Waals surface area contributed by atoms with Crippen LogP contribution in [0.5, 0.6) is 0 Å². The fourth-order valence-corrected chi connectivity index (χ4v) is 3.74. The normalized spacial score (nSPS) is 17.4. The highest BCUT2D eigenvalue weighted by Gasteiger charge is 2.25. The molecule has 1 aliphatic carbocycles. The first-order valence-corrected chi connectivity index (χ1v) is 8.56. The van der Waals surface area contributed by atoms with E-state index in [9.17, 15) is 0 Å². The summed E-state index contributed by atoms with van der Waals surface area (Å²) < 4.78 is 6.37. The Hall–Kier alpha value is -1.29. The van der Waals surface area contributed by atoms with Crippen molar-refractivity contribution < 1.29 is 4.52 Å². The summed E-state index contributed by atoms with van der Waals surface area (Å²) in [7, 11) is 0. The molecule has 0 bridgehead atoms. The number of anilines is 1. The van der Waals surface area contributed by atoms with E-state index in [0.29, 0.717) is 11.8 Å². The predicted molar refractivity (Wildman–Crippen MR) is 89.1 cm³/mol. The van der Waals surface area contributed by atoms with Crippen LogP contribution in [0, 0.1) is 0 Å². The van der Waals surface area contributed by atoms with Crippen LogP contribution >= 0.6 is 15.9 Å². The highest BCUT2D eigenvalue weighted by molar-refractivity contribution is 9.10. The topological polar surface area (TPSA) is 52.0 Å². The third-order valence-corrected chi connectivity index (χ3v) is 5.07. The highest BCUT2D eigenvalue weighted by atomic mass is 79.9. The van der Waals surface area contributed by atoms with Gasteiger partial charge in [0, 0.05) is 16.0 Å². The molecule has 21 heavy (non-hydrogen) atoms. The molecule has 2 N–H and O–H groups in total. The predicted octanol–water partition coefficient (Wildman–Crippen LogP) is 5.51. The maximum absolute atomic E-state index is 6.07. The molecule has 1 heterocycles. The van der Waals surface area contributed by atoms with Crippen LogP contribution in [-0.4, -0.2) is 5.16 Å². The Morgan fingerprint density at radius 2 is 1.71 bits per heavy atom. The molecule has 0 amide bonds. The molecular weight excluding hydrogens is 328 g/mol. The molecule has 1 aromatic carbocycles. The average Bonchev–Trinajstić information content (AvgIpc) is 2.81. The van der Waals surface area contributed by atoms with E-state index in [2.05, 4.69) is 27.2 Å². The molecule has 112 valence electrons. The van der Waals surface area contributed by atoms with E-state index in [0.717, 1.165) is 21.3 Å². The number of aromatic nitrogens is 1. The van der Waals surface area contributed by atoms with Crippen LogP contribution in [0.1, 0.15) is 56.6 Å². The Labute approximate surface area is 134 Å². The van der Waals surface area contributed by atoms with Crippen molar-refractivity contribution in [3.05, 3.63) is 34.4 Å². The minimum Gasteiger partial charge on any atom is -0.367 e. The van der Waals surface area contributed by atoms with E-state index in [1.807, 2.05) is 18.2 Å². The molecule has 0 atom stereocenters. The van der Waals surface area contributed by atoms with E-state index in [1.54, 1.807) is 0 Å². The summed E-state index contributed by atoms with van der Waals surface area (Å²) in [5, 5.41) is 4.31. The van der Waals surface area contributed by atoms with Crippen molar-refractivity contribution in [3.63, 3.8) is 0 Å². The Bertz CT molecular complexity index is 601. The first kappa shape index (κ1) is 14.6. The molecule has 2 aromatic rings. The largest absolute Gasteiger partial charge is 0.367 e. The molecule has 0 saturated heterocycles. The van der Waals surface area contributed by atoms with E-state index in [-0.39, 0.29) is 0 Å². The summed E-state index contributed by atoms with van der Waals surface area (Å²) in [6, 6.07) is 8.13. The fourth-order valence-electron chi connectivity index (χ4n) is 3.26. The zero-order valence-electron chi connectivity index (χ0n) is 12.1. The maximum Gasteiger partial charge on any atom is 0.230 e. The molecule has 1 aromatic heterocycles. The quantitative estimate of drug-likeness (QED) is 0.777. The zero-order valence-corrected chi connectivity index (χ0v) is 13.7. The number of benzene rings is 1. The van der Waals surface area contributed by atoms with Crippen LogP contribution < -0.4 is 5.73 Å². The summed E-state index contributed by atoms with van der Waals surface area (Å²) in [5.74, 6) is 0.896. The van der Waals surface area contributed by atoms with Crippen LogP contribution in [0.3, 0.4) is 0 Å². The third-order valence-electron chi connectivity index (χ3n) is 4.38. The van der Waals surface area contributed by atoms with Gasteiger partial charge in [-0.05, 0) is 18.9 Å². The second-order valence-corrected chi connectivity index (χ2v) is 6.68. The van der Waals surface area contributed by atoms with Gasteiger partial charge in [0.25, 0.3) is 0 Å². The van der Waals surface area contributed by atoms with Gasteiger partial charge >= 0.3 is 0 Å². The van der Waals surface area contributed by atoms with Crippen LogP contribution in [-0.2, 0) is 0 Å². The highest BCUT2D eigenvalue weighted by Crippen LogP contribution is 2.41. The summed E-state index contributed by atoms with van der Waals surface area (Å²) in [4.78, 5) is 0. The van der Waals surface area contributed by atoms with Crippen LogP contribution in [0.4, 0.5) is 5.88 Å². The van der Waals surface area contributed by atoms with E-state index in [4.69, 9.17) is 10.3 Å². The van der Waals surface area contributed by atoms with Gasteiger partial charge in [-0.2, -0.15) is 0 Å². The lowest BCUT2D eigenvalue weighted by Gasteiger charge is -2.18. The first-order valence-electron chi connectivity index (χ1n) is 7.77. The summed E-state index contributed by atoms with van der Waals surface area (Å²) in [6.07, 6.45) is 8.93. The van der Waals surface area contributed by atoms with Gasteiger partial charge in [0.05, 0.1) is 11.3 Å². The molecule has 1 aliphatic rings. The molecule has 3 nitrogen and oxygen atoms in total. The maximum atomic E-state index is 6.07. The van der Waals surface area contributed by atoms with Gasteiger partial charge in [-0.1, -0.05) is 71.4 Å². The van der Waals surface area contributed by atoms with Crippen LogP contribution in [0.25, 0.3) is 11.1 Å². The van der Waals surface area contributed by atoms with Gasteiger partial charge in [-0.25, -0.2) is 0 Å². The van der Waals surface area contributed by atoms with E-state index < -0.39 is 0 Å². The van der Waals surface area contributed by atoms with Crippen molar-refractivity contribution in [1.29, 1.82) is 0 Å². The number of hydrogen-bond donors (Lipinski definition) is 1. The summed E-state index contributed by atoms with van der Waals surface area (Å²) >= 11 is 3.61. The number of nitrogens with zero attached hydrogens (tertiary/aromatic N) is 1. The minimum absolute atomic E-state index is 0.430. The molecule has 1 saturated carbocycles. The number of halogens is 1. The second kappa shape index (κ2) is 6.65. The van der Waals surface area contributed by atoms with Crippen molar-refractivity contribution in [1.82, 2.24) is 5.16 Å². The lowest BCUT2D eigenvalue weighted by Crippen LogP contribution is -2.04. The van der Waals surface area contributed by atoms with E-state index >= 15 is 0 Å². The average molecular weight is 349 g/mol. The van der Waals surface area contributed by atoms with Gasteiger partial charge in [-0.15, -0.1) is 0 Å². The molecule has 0 aliphatic heterocycles. The smallest absolute Gasteiger partial charge is 0.230 e. The number of nitrogen functional groups attached to an aromatic ring is 1. The van der Waals surface area contributed by atoms with Gasteiger partial charge in [0.15, 0.2) is 0 Å². The van der Waals surface area contributed by atoms with Crippen molar-refractivity contribution in [2.24, 2.45) is 0 Å². The van der Waals surface area contributed by atoms with Gasteiger partial charge in [0.2, 0.25) is 5.88 Å². The third kappa shape index (κ3) is 3.15. The van der Waals surface area contributed by atoms with Gasteiger partial charge < -0.3 is 10.3 Å². The molecule has 1 fully saturated rings. The van der Waals surface area contributed by atoms with Crippen molar-refractivity contribution in [2.75, 3.05) is 5.73 Å². The van der Waals surface area contributed by atoms with E-state index in [1.165, 1.54) is 44.9 Å². The SMILES string of the molecule is Nc1onc(C2CCCCCCC2)c1-c1ccccc1Br. The first-order chi connectivity index (χ1) is 10.3. The number of nitrogens with two attached hydrogens (primary N) is 1. The molecule has 0 spiro atoms.